The zero-order valence-electron chi connectivity index (χ0n) is 8.12. The maximum atomic E-state index is 11.6. The van der Waals surface area contributed by atoms with Crippen molar-refractivity contribution < 1.29 is 14.3 Å². The lowest BCUT2D eigenvalue weighted by Gasteiger charge is -2.11. The van der Waals surface area contributed by atoms with Crippen LogP contribution in [-0.4, -0.2) is 24.2 Å². The van der Waals surface area contributed by atoms with Crippen molar-refractivity contribution in [2.45, 2.75) is 12.8 Å². The summed E-state index contributed by atoms with van der Waals surface area (Å²) in [6.45, 7) is 0.607. The van der Waals surface area contributed by atoms with Gasteiger partial charge in [-0.3, -0.25) is 4.79 Å². The predicted molar refractivity (Wildman–Crippen MR) is 54.8 cm³/mol. The van der Waals surface area contributed by atoms with Gasteiger partial charge in [0.2, 0.25) is 5.22 Å². The van der Waals surface area contributed by atoms with E-state index in [9.17, 15) is 4.79 Å². The Labute approximate surface area is 92.2 Å². The minimum Gasteiger partial charge on any atom is -0.452 e. The van der Waals surface area contributed by atoms with Crippen LogP contribution in [0.2, 0.25) is 5.22 Å². The van der Waals surface area contributed by atoms with Gasteiger partial charge in [0, 0.05) is 12.0 Å². The third kappa shape index (κ3) is 2.16. The summed E-state index contributed by atoms with van der Waals surface area (Å²) in [5, 5.41) is 11.9. The molecule has 1 aromatic heterocycles. The van der Waals surface area contributed by atoms with Gasteiger partial charge in [0.05, 0.1) is 18.4 Å². The number of furan rings is 1. The Morgan fingerprint density at radius 2 is 2.40 bits per heavy atom. The zero-order chi connectivity index (χ0) is 10.9. The first-order chi connectivity index (χ1) is 7.17. The topological polar surface area (TPSA) is 62.5 Å². The normalized spacial score (nSPS) is 17.5. The summed E-state index contributed by atoms with van der Waals surface area (Å²) >= 11 is 5.66. The maximum absolute atomic E-state index is 11.6. The zero-order valence-corrected chi connectivity index (χ0v) is 8.88. The summed E-state index contributed by atoms with van der Waals surface area (Å²) in [4.78, 5) is 11.6. The van der Waals surface area contributed by atoms with Crippen LogP contribution in [0.25, 0.3) is 0 Å². The number of nitrogens with one attached hydrogen (secondary N) is 1. The third-order valence-electron chi connectivity index (χ3n) is 2.78. The fourth-order valence-corrected chi connectivity index (χ4v) is 1.59. The molecule has 1 aromatic rings. The van der Waals surface area contributed by atoms with E-state index in [0.29, 0.717) is 12.1 Å². The Morgan fingerprint density at radius 1 is 1.67 bits per heavy atom. The van der Waals surface area contributed by atoms with E-state index in [0.717, 1.165) is 12.8 Å². The van der Waals surface area contributed by atoms with E-state index in [1.165, 1.54) is 12.3 Å². The highest BCUT2D eigenvalue weighted by Crippen LogP contribution is 2.44. The average molecular weight is 230 g/mol. The first kappa shape index (κ1) is 10.5. The van der Waals surface area contributed by atoms with Crippen LogP contribution in [-0.2, 0) is 0 Å². The van der Waals surface area contributed by atoms with Crippen LogP contribution in [0, 0.1) is 5.41 Å². The molecule has 1 aliphatic carbocycles. The summed E-state index contributed by atoms with van der Waals surface area (Å²) < 4.78 is 4.81. The lowest BCUT2D eigenvalue weighted by atomic mass is 10.1. The Morgan fingerprint density at radius 3 is 2.87 bits per heavy atom. The van der Waals surface area contributed by atoms with Crippen molar-refractivity contribution in [3.8, 4) is 0 Å². The molecule has 15 heavy (non-hydrogen) atoms. The number of carbonyl (C=O) groups is 1. The van der Waals surface area contributed by atoms with Crippen molar-refractivity contribution in [2.75, 3.05) is 13.2 Å². The third-order valence-corrected chi connectivity index (χ3v) is 3.07. The second-order valence-electron chi connectivity index (χ2n) is 3.95. The van der Waals surface area contributed by atoms with Gasteiger partial charge in [-0.1, -0.05) is 0 Å². The molecule has 0 spiro atoms. The number of amides is 1. The molecule has 1 aliphatic rings. The summed E-state index contributed by atoms with van der Waals surface area (Å²) in [7, 11) is 0. The van der Waals surface area contributed by atoms with Gasteiger partial charge in [0.1, 0.15) is 0 Å². The number of aliphatic hydroxyl groups is 1. The molecule has 2 N–H and O–H groups in total. The van der Waals surface area contributed by atoms with Crippen molar-refractivity contribution in [1.82, 2.24) is 5.32 Å². The van der Waals surface area contributed by atoms with E-state index in [4.69, 9.17) is 21.1 Å². The molecular weight excluding hydrogens is 218 g/mol. The number of rotatable bonds is 4. The van der Waals surface area contributed by atoms with Gasteiger partial charge in [-0.05, 0) is 30.5 Å². The lowest BCUT2D eigenvalue weighted by molar-refractivity contribution is 0.0935. The second-order valence-corrected chi connectivity index (χ2v) is 4.29. The molecule has 1 heterocycles. The minimum atomic E-state index is -0.256. The summed E-state index contributed by atoms with van der Waals surface area (Å²) in [6, 6.07) is 1.52. The van der Waals surface area contributed by atoms with E-state index < -0.39 is 0 Å². The van der Waals surface area contributed by atoms with Crippen LogP contribution in [0.5, 0.6) is 0 Å². The molecular formula is C10H12ClNO3. The fourth-order valence-electron chi connectivity index (χ4n) is 1.39. The SMILES string of the molecule is O=C(NCC1(CO)CC1)c1ccoc1Cl. The largest absolute Gasteiger partial charge is 0.452 e. The number of carbonyl (C=O) groups excluding carboxylic acids is 1. The number of hydrogen-bond acceptors (Lipinski definition) is 3. The average Bonchev–Trinajstić information content (AvgIpc) is 2.91. The molecule has 0 bridgehead atoms. The van der Waals surface area contributed by atoms with Crippen LogP contribution in [0.15, 0.2) is 16.7 Å². The van der Waals surface area contributed by atoms with E-state index in [1.54, 1.807) is 0 Å². The number of hydrogen-bond donors (Lipinski definition) is 2. The fraction of sp³-hybridized carbons (Fsp3) is 0.500. The minimum absolute atomic E-state index is 0.0914. The van der Waals surface area contributed by atoms with Crippen LogP contribution >= 0.6 is 11.6 Å². The molecule has 0 radical (unpaired) electrons. The quantitative estimate of drug-likeness (QED) is 0.821. The van der Waals surface area contributed by atoms with E-state index in [1.807, 2.05) is 0 Å². The first-order valence-corrected chi connectivity index (χ1v) is 5.17. The molecule has 0 saturated heterocycles. The van der Waals surface area contributed by atoms with Crippen molar-refractivity contribution in [1.29, 1.82) is 0 Å². The molecule has 0 aliphatic heterocycles. The highest BCUT2D eigenvalue weighted by molar-refractivity contribution is 6.32. The highest BCUT2D eigenvalue weighted by Gasteiger charge is 2.42. The van der Waals surface area contributed by atoms with Crippen LogP contribution in [0.3, 0.4) is 0 Å². The van der Waals surface area contributed by atoms with Gasteiger partial charge in [0.15, 0.2) is 0 Å². The molecule has 2 rings (SSSR count). The van der Waals surface area contributed by atoms with E-state index >= 15 is 0 Å². The molecule has 5 heteroatoms. The molecule has 0 atom stereocenters. The standard InChI is InChI=1S/C10H12ClNO3/c11-8-7(1-4-15-8)9(14)12-5-10(6-13)2-3-10/h1,4,13H,2-3,5-6H2,(H,12,14). The second kappa shape index (κ2) is 3.87. The maximum Gasteiger partial charge on any atom is 0.256 e. The van der Waals surface area contributed by atoms with Crippen LogP contribution in [0.1, 0.15) is 23.2 Å². The number of aliphatic hydroxyl groups excluding tert-OH is 1. The van der Waals surface area contributed by atoms with Gasteiger partial charge in [0.25, 0.3) is 5.91 Å². The Kier molecular flexibility index (Phi) is 2.71. The van der Waals surface area contributed by atoms with Crippen molar-refractivity contribution in [3.63, 3.8) is 0 Å². The van der Waals surface area contributed by atoms with Gasteiger partial charge < -0.3 is 14.8 Å². The summed E-state index contributed by atoms with van der Waals surface area (Å²) in [5.74, 6) is -0.256. The lowest BCUT2D eigenvalue weighted by Crippen LogP contribution is -2.31. The van der Waals surface area contributed by atoms with Gasteiger partial charge in [-0.25, -0.2) is 0 Å². The van der Waals surface area contributed by atoms with Gasteiger partial charge in [-0.15, -0.1) is 0 Å². The van der Waals surface area contributed by atoms with Crippen LogP contribution < -0.4 is 5.32 Å². The molecule has 0 aromatic carbocycles. The monoisotopic (exact) mass is 229 g/mol. The van der Waals surface area contributed by atoms with E-state index in [-0.39, 0.29) is 23.1 Å². The molecule has 1 fully saturated rings. The van der Waals surface area contributed by atoms with Gasteiger partial charge >= 0.3 is 0 Å². The Hall–Kier alpha value is -1.00. The van der Waals surface area contributed by atoms with E-state index in [2.05, 4.69) is 5.32 Å². The summed E-state index contributed by atoms with van der Waals surface area (Å²) in [5.41, 5.74) is 0.247. The van der Waals surface area contributed by atoms with Crippen molar-refractivity contribution in [3.05, 3.63) is 23.1 Å². The molecule has 0 unspecified atom stereocenters. The highest BCUT2D eigenvalue weighted by atomic mass is 35.5. The van der Waals surface area contributed by atoms with Crippen molar-refractivity contribution in [2.24, 2.45) is 5.41 Å². The first-order valence-electron chi connectivity index (χ1n) is 4.79. The Balaban J connectivity index is 1.91. The number of halogens is 1. The molecule has 1 amide bonds. The molecule has 82 valence electrons. The molecule has 1 saturated carbocycles. The Bertz CT molecular complexity index is 370. The van der Waals surface area contributed by atoms with Crippen molar-refractivity contribution >= 4 is 17.5 Å². The van der Waals surface area contributed by atoms with Crippen LogP contribution in [0.4, 0.5) is 0 Å². The predicted octanol–water partition coefficient (Wildman–Crippen LogP) is 1.44. The summed E-state index contributed by atoms with van der Waals surface area (Å²) in [6.07, 6.45) is 3.29. The molecule has 4 nitrogen and oxygen atoms in total. The smallest absolute Gasteiger partial charge is 0.256 e. The van der Waals surface area contributed by atoms with Gasteiger partial charge in [-0.2, -0.15) is 0 Å².